The summed E-state index contributed by atoms with van der Waals surface area (Å²) in [7, 11) is 3.44. The maximum atomic E-state index is 12.1. The predicted octanol–water partition coefficient (Wildman–Crippen LogP) is 4.55. The minimum Gasteiger partial charge on any atom is -0.481 e. The van der Waals surface area contributed by atoms with Crippen molar-refractivity contribution in [3.8, 4) is 22.9 Å². The first kappa shape index (κ1) is 19.3. The molecule has 1 aromatic heterocycles. The van der Waals surface area contributed by atoms with Crippen LogP contribution in [0, 0.1) is 5.41 Å². The Labute approximate surface area is 180 Å². The van der Waals surface area contributed by atoms with Crippen molar-refractivity contribution >= 4 is 11.9 Å². The highest BCUT2D eigenvalue weighted by Gasteiger charge is 2.59. The number of fused-ring (bicyclic) bond motifs is 2. The zero-order valence-corrected chi connectivity index (χ0v) is 17.3. The van der Waals surface area contributed by atoms with E-state index in [1.165, 1.54) is 4.90 Å². The quantitative estimate of drug-likeness (QED) is 0.677. The molecule has 0 bridgehead atoms. The van der Waals surface area contributed by atoms with Crippen LogP contribution in [-0.4, -0.2) is 41.0 Å². The van der Waals surface area contributed by atoms with Crippen LogP contribution in [0.3, 0.4) is 0 Å². The molecule has 1 aliphatic heterocycles. The number of hydrogen-bond donors (Lipinski definition) is 1. The molecule has 2 aromatic carbocycles. The molecular weight excluding hydrogens is 392 g/mol. The lowest BCUT2D eigenvalue weighted by molar-refractivity contribution is -0.143. The number of carboxylic acids is 1. The molecule has 1 fully saturated rings. The Morgan fingerprint density at radius 3 is 2.35 bits per heavy atom. The fourth-order valence-corrected chi connectivity index (χ4v) is 4.39. The molecule has 1 unspecified atom stereocenters. The SMILES string of the molecule is CN(C)C(=O)c1ccc(-c2ccc3c(n2)Oc2ccccc2C3C2(C(=O)O)CC2)cc1. The number of aromatic nitrogens is 1. The van der Waals surface area contributed by atoms with Crippen molar-refractivity contribution in [2.75, 3.05) is 14.1 Å². The van der Waals surface area contributed by atoms with Crippen LogP contribution in [-0.2, 0) is 4.79 Å². The number of carbonyl (C=O) groups excluding carboxylic acids is 1. The summed E-state index contributed by atoms with van der Waals surface area (Å²) in [5, 5.41) is 9.96. The number of nitrogens with zero attached hydrogens (tertiary/aromatic N) is 2. The zero-order chi connectivity index (χ0) is 21.8. The third kappa shape index (κ3) is 3.06. The van der Waals surface area contributed by atoms with E-state index in [1.807, 2.05) is 48.5 Å². The van der Waals surface area contributed by atoms with Gasteiger partial charge in [-0.15, -0.1) is 0 Å². The van der Waals surface area contributed by atoms with Gasteiger partial charge in [-0.25, -0.2) is 4.98 Å². The maximum Gasteiger partial charge on any atom is 0.310 e. The fraction of sp³-hybridized carbons (Fsp3) is 0.240. The second-order valence-corrected chi connectivity index (χ2v) is 8.40. The first-order valence-electron chi connectivity index (χ1n) is 10.2. The van der Waals surface area contributed by atoms with Crippen molar-refractivity contribution in [2.24, 2.45) is 5.41 Å². The molecule has 0 saturated heterocycles. The molecule has 31 heavy (non-hydrogen) atoms. The summed E-state index contributed by atoms with van der Waals surface area (Å²) in [6, 6.07) is 18.7. The van der Waals surface area contributed by atoms with Gasteiger partial charge in [0, 0.05) is 42.3 Å². The first-order valence-corrected chi connectivity index (χ1v) is 10.2. The number of ether oxygens (including phenoxy) is 1. The van der Waals surface area contributed by atoms with Gasteiger partial charge in [-0.2, -0.15) is 0 Å². The number of pyridine rings is 1. The van der Waals surface area contributed by atoms with E-state index in [0.717, 1.165) is 16.7 Å². The molecule has 5 rings (SSSR count). The number of carbonyl (C=O) groups is 2. The Hall–Kier alpha value is -3.67. The number of benzene rings is 2. The third-order valence-corrected chi connectivity index (χ3v) is 6.24. The average molecular weight is 414 g/mol. The third-order valence-electron chi connectivity index (χ3n) is 6.24. The van der Waals surface area contributed by atoms with Gasteiger partial charge in [0.2, 0.25) is 5.88 Å². The van der Waals surface area contributed by atoms with Crippen molar-refractivity contribution in [3.05, 3.63) is 77.4 Å². The van der Waals surface area contributed by atoms with Crippen molar-refractivity contribution in [1.29, 1.82) is 0 Å². The summed E-state index contributed by atoms with van der Waals surface area (Å²) < 4.78 is 6.10. The standard InChI is InChI=1S/C25H22N2O4/c1-27(2)23(28)16-9-7-15(8-10-16)19-12-11-18-21(25(13-14-25)24(29)30)17-5-3-4-6-20(17)31-22(18)26-19/h3-12,21H,13-14H2,1-2H3,(H,29,30). The van der Waals surface area contributed by atoms with Crippen LogP contribution in [0.25, 0.3) is 11.3 Å². The topological polar surface area (TPSA) is 79.7 Å². The van der Waals surface area contributed by atoms with Gasteiger partial charge in [0.25, 0.3) is 5.91 Å². The van der Waals surface area contributed by atoms with E-state index >= 15 is 0 Å². The lowest BCUT2D eigenvalue weighted by atomic mass is 9.77. The molecule has 1 aliphatic carbocycles. The Balaban J connectivity index is 1.56. The molecule has 156 valence electrons. The highest BCUT2D eigenvalue weighted by atomic mass is 16.5. The molecule has 2 aliphatic rings. The highest BCUT2D eigenvalue weighted by Crippen LogP contribution is 2.62. The molecule has 1 saturated carbocycles. The van der Waals surface area contributed by atoms with Gasteiger partial charge >= 0.3 is 5.97 Å². The van der Waals surface area contributed by atoms with Crippen molar-refractivity contribution in [1.82, 2.24) is 9.88 Å². The van der Waals surface area contributed by atoms with Gasteiger partial charge < -0.3 is 14.7 Å². The minimum atomic E-state index is -0.800. The largest absolute Gasteiger partial charge is 0.481 e. The van der Waals surface area contributed by atoms with E-state index in [9.17, 15) is 14.7 Å². The Morgan fingerprint density at radius 1 is 1.00 bits per heavy atom. The molecular formula is C25H22N2O4. The van der Waals surface area contributed by atoms with Gasteiger partial charge in [0.05, 0.1) is 11.1 Å². The van der Waals surface area contributed by atoms with E-state index in [2.05, 4.69) is 0 Å². The van der Waals surface area contributed by atoms with Crippen LogP contribution in [0.1, 0.15) is 40.2 Å². The predicted molar refractivity (Wildman–Crippen MR) is 115 cm³/mol. The second kappa shape index (κ2) is 6.94. The van der Waals surface area contributed by atoms with Crippen molar-refractivity contribution in [2.45, 2.75) is 18.8 Å². The number of para-hydroxylation sites is 1. The first-order chi connectivity index (χ1) is 14.9. The van der Waals surface area contributed by atoms with Crippen LogP contribution < -0.4 is 4.74 Å². The molecule has 0 spiro atoms. The molecule has 1 N–H and O–H groups in total. The molecule has 6 nitrogen and oxygen atoms in total. The van der Waals surface area contributed by atoms with Crippen LogP contribution in [0.5, 0.6) is 11.6 Å². The van der Waals surface area contributed by atoms with Gasteiger partial charge in [0.15, 0.2) is 0 Å². The van der Waals surface area contributed by atoms with Gasteiger partial charge in [-0.05, 0) is 37.1 Å². The maximum absolute atomic E-state index is 12.1. The molecule has 0 radical (unpaired) electrons. The van der Waals surface area contributed by atoms with Crippen LogP contribution >= 0.6 is 0 Å². The van der Waals surface area contributed by atoms with Crippen LogP contribution in [0.15, 0.2) is 60.7 Å². The number of rotatable bonds is 4. The molecule has 6 heteroatoms. The molecule has 3 aromatic rings. The average Bonchev–Trinajstić information content (AvgIpc) is 3.58. The number of carboxylic acid groups (broad SMARTS) is 1. The smallest absolute Gasteiger partial charge is 0.310 e. The van der Waals surface area contributed by atoms with E-state index in [1.54, 1.807) is 26.2 Å². The van der Waals surface area contributed by atoms with Crippen molar-refractivity contribution < 1.29 is 19.4 Å². The van der Waals surface area contributed by atoms with Gasteiger partial charge in [-0.1, -0.05) is 36.4 Å². The minimum absolute atomic E-state index is 0.0591. The van der Waals surface area contributed by atoms with Crippen molar-refractivity contribution in [3.63, 3.8) is 0 Å². The number of amides is 1. The summed E-state index contributed by atoms with van der Waals surface area (Å²) in [6.45, 7) is 0. The number of hydrogen-bond acceptors (Lipinski definition) is 4. The van der Waals surface area contributed by atoms with E-state index in [0.29, 0.717) is 35.7 Å². The van der Waals surface area contributed by atoms with E-state index < -0.39 is 11.4 Å². The molecule has 1 atom stereocenters. The number of aliphatic carboxylic acids is 1. The van der Waals surface area contributed by atoms with Gasteiger partial charge in [-0.3, -0.25) is 9.59 Å². The summed E-state index contributed by atoms with van der Waals surface area (Å²) in [6.07, 6.45) is 1.29. The Kier molecular flexibility index (Phi) is 4.32. The lowest BCUT2D eigenvalue weighted by Gasteiger charge is -2.31. The molecule has 1 amide bonds. The highest BCUT2D eigenvalue weighted by molar-refractivity contribution is 5.94. The summed E-state index contributed by atoms with van der Waals surface area (Å²) in [5.74, 6) is -0.0145. The second-order valence-electron chi connectivity index (χ2n) is 8.40. The normalized spacial score (nSPS) is 17.7. The Morgan fingerprint density at radius 2 is 1.71 bits per heavy atom. The lowest BCUT2D eigenvalue weighted by Crippen LogP contribution is -2.27. The monoisotopic (exact) mass is 414 g/mol. The van der Waals surface area contributed by atoms with Crippen LogP contribution in [0.4, 0.5) is 0 Å². The Bertz CT molecular complexity index is 1200. The fourth-order valence-electron chi connectivity index (χ4n) is 4.39. The van der Waals surface area contributed by atoms with E-state index in [4.69, 9.17) is 9.72 Å². The van der Waals surface area contributed by atoms with E-state index in [-0.39, 0.29) is 11.8 Å². The zero-order valence-electron chi connectivity index (χ0n) is 17.3. The van der Waals surface area contributed by atoms with Crippen LogP contribution in [0.2, 0.25) is 0 Å². The summed E-state index contributed by atoms with van der Waals surface area (Å²) in [4.78, 5) is 30.5. The summed E-state index contributed by atoms with van der Waals surface area (Å²) >= 11 is 0. The molecule has 2 heterocycles. The van der Waals surface area contributed by atoms with Gasteiger partial charge in [0.1, 0.15) is 5.75 Å². The summed E-state index contributed by atoms with van der Waals surface area (Å²) in [5.41, 5.74) is 3.08.